The van der Waals surface area contributed by atoms with Crippen molar-refractivity contribution in [3.05, 3.63) is 12.7 Å². The molecule has 1 amide bonds. The first-order valence-corrected chi connectivity index (χ1v) is 5.53. The molecule has 17 heavy (non-hydrogen) atoms. The lowest BCUT2D eigenvalue weighted by molar-refractivity contribution is -0.170. The number of hydrogen-bond donors (Lipinski definition) is 3. The molecule has 3 unspecified atom stereocenters. The van der Waals surface area contributed by atoms with E-state index in [1.54, 1.807) is 13.8 Å². The third kappa shape index (κ3) is 3.42. The van der Waals surface area contributed by atoms with Crippen LogP contribution in [0.5, 0.6) is 0 Å². The summed E-state index contributed by atoms with van der Waals surface area (Å²) >= 11 is 0. The van der Waals surface area contributed by atoms with E-state index in [1.165, 1.54) is 6.08 Å². The van der Waals surface area contributed by atoms with Crippen molar-refractivity contribution in [2.75, 3.05) is 6.61 Å². The highest BCUT2D eigenvalue weighted by Crippen LogP contribution is 2.20. The normalized spacial score (nSPS) is 37.3. The van der Waals surface area contributed by atoms with Gasteiger partial charge in [-0.15, -0.1) is 0 Å². The Labute approximate surface area is 100 Å². The average Bonchev–Trinajstić information content (AvgIpc) is 2.29. The number of carbonyl (C=O) groups excluding carboxylic acids is 1. The maximum atomic E-state index is 11.3. The SMILES string of the molecule is C=CCOC(=O)NC1C(O)[C@@H](C)OC(C)[C@H]1O. The second-order valence-corrected chi connectivity index (χ2v) is 4.08. The Hall–Kier alpha value is -1.11. The number of nitrogens with one attached hydrogen (secondary N) is 1. The smallest absolute Gasteiger partial charge is 0.407 e. The Bertz CT molecular complexity index is 269. The first-order chi connectivity index (χ1) is 7.97. The Kier molecular flexibility index (Phi) is 4.92. The first-order valence-electron chi connectivity index (χ1n) is 5.53. The fourth-order valence-electron chi connectivity index (χ4n) is 1.77. The standard InChI is InChI=1S/C11H19NO5/c1-4-5-16-11(15)12-8-9(13)6(2)17-7(3)10(8)14/h4,6-10,13-14H,1,5H2,2-3H3,(H,12,15)/t6-,7?,8?,9?,10-/m1/s1. The van der Waals surface area contributed by atoms with Crippen molar-refractivity contribution >= 4 is 6.09 Å². The third-order valence-electron chi connectivity index (χ3n) is 2.74. The van der Waals surface area contributed by atoms with E-state index in [4.69, 9.17) is 9.47 Å². The Balaban J connectivity index is 2.59. The molecule has 1 saturated heterocycles. The van der Waals surface area contributed by atoms with Gasteiger partial charge in [-0.3, -0.25) is 0 Å². The monoisotopic (exact) mass is 245 g/mol. The van der Waals surface area contributed by atoms with E-state index in [0.717, 1.165) is 0 Å². The number of ether oxygens (including phenoxy) is 2. The largest absolute Gasteiger partial charge is 0.445 e. The minimum absolute atomic E-state index is 0.0757. The van der Waals surface area contributed by atoms with Crippen molar-refractivity contribution < 1.29 is 24.5 Å². The maximum Gasteiger partial charge on any atom is 0.407 e. The molecular weight excluding hydrogens is 226 g/mol. The zero-order valence-corrected chi connectivity index (χ0v) is 10.00. The van der Waals surface area contributed by atoms with Gasteiger partial charge in [0.2, 0.25) is 0 Å². The van der Waals surface area contributed by atoms with E-state index in [2.05, 4.69) is 11.9 Å². The van der Waals surface area contributed by atoms with Crippen LogP contribution in [0, 0.1) is 0 Å². The summed E-state index contributed by atoms with van der Waals surface area (Å²) in [7, 11) is 0. The fourth-order valence-corrected chi connectivity index (χ4v) is 1.77. The second kappa shape index (κ2) is 6.00. The van der Waals surface area contributed by atoms with Crippen LogP contribution in [0.2, 0.25) is 0 Å². The molecule has 3 N–H and O–H groups in total. The lowest BCUT2D eigenvalue weighted by Gasteiger charge is -2.40. The summed E-state index contributed by atoms with van der Waals surface area (Å²) in [6.07, 6.45) is -2.14. The number of alkyl carbamates (subject to hydrolysis) is 1. The van der Waals surface area contributed by atoms with Gasteiger partial charge in [0, 0.05) is 0 Å². The van der Waals surface area contributed by atoms with Crippen LogP contribution >= 0.6 is 0 Å². The number of hydrogen-bond acceptors (Lipinski definition) is 5. The summed E-state index contributed by atoms with van der Waals surface area (Å²) in [5.74, 6) is 0. The van der Waals surface area contributed by atoms with Gasteiger partial charge in [0.1, 0.15) is 18.8 Å². The molecule has 98 valence electrons. The summed E-state index contributed by atoms with van der Waals surface area (Å²) in [4.78, 5) is 11.3. The van der Waals surface area contributed by atoms with Crippen LogP contribution < -0.4 is 5.32 Å². The molecule has 0 spiro atoms. The molecule has 6 heteroatoms. The Morgan fingerprint density at radius 2 is 1.94 bits per heavy atom. The Morgan fingerprint density at radius 3 is 2.41 bits per heavy atom. The van der Waals surface area contributed by atoms with Crippen molar-refractivity contribution in [2.24, 2.45) is 0 Å². The number of aliphatic hydroxyl groups is 2. The van der Waals surface area contributed by atoms with Crippen LogP contribution in [-0.2, 0) is 9.47 Å². The van der Waals surface area contributed by atoms with Crippen LogP contribution in [-0.4, -0.2) is 53.4 Å². The zero-order chi connectivity index (χ0) is 13.0. The highest BCUT2D eigenvalue weighted by Gasteiger charge is 2.41. The average molecular weight is 245 g/mol. The number of aliphatic hydroxyl groups excluding tert-OH is 2. The van der Waals surface area contributed by atoms with Gasteiger partial charge < -0.3 is 25.0 Å². The molecular formula is C11H19NO5. The van der Waals surface area contributed by atoms with Crippen molar-refractivity contribution in [3.63, 3.8) is 0 Å². The first kappa shape index (κ1) is 14.0. The summed E-state index contributed by atoms with van der Waals surface area (Å²) in [5.41, 5.74) is 0. The van der Waals surface area contributed by atoms with Crippen LogP contribution in [0.4, 0.5) is 4.79 Å². The van der Waals surface area contributed by atoms with Crippen LogP contribution in [0.3, 0.4) is 0 Å². The van der Waals surface area contributed by atoms with Gasteiger partial charge in [-0.05, 0) is 13.8 Å². The van der Waals surface area contributed by atoms with E-state index in [0.29, 0.717) is 0 Å². The summed E-state index contributed by atoms with van der Waals surface area (Å²) < 4.78 is 10.0. The predicted molar refractivity (Wildman–Crippen MR) is 60.5 cm³/mol. The molecule has 0 bridgehead atoms. The number of rotatable bonds is 3. The quantitative estimate of drug-likeness (QED) is 0.599. The highest BCUT2D eigenvalue weighted by atomic mass is 16.6. The molecule has 5 atom stereocenters. The van der Waals surface area contributed by atoms with Gasteiger partial charge in [-0.25, -0.2) is 4.79 Å². The number of carbonyl (C=O) groups is 1. The Morgan fingerprint density at radius 1 is 1.41 bits per heavy atom. The van der Waals surface area contributed by atoms with Crippen molar-refractivity contribution in [3.8, 4) is 0 Å². The fraction of sp³-hybridized carbons (Fsp3) is 0.727. The van der Waals surface area contributed by atoms with Gasteiger partial charge in [-0.2, -0.15) is 0 Å². The molecule has 0 saturated carbocycles. The second-order valence-electron chi connectivity index (χ2n) is 4.08. The predicted octanol–water partition coefficient (Wildman–Crippen LogP) is -0.204. The molecule has 1 aliphatic heterocycles. The summed E-state index contributed by atoms with van der Waals surface area (Å²) in [6, 6.07) is -0.800. The van der Waals surface area contributed by atoms with Gasteiger partial charge in [0.05, 0.1) is 18.2 Å². The van der Waals surface area contributed by atoms with Crippen molar-refractivity contribution in [2.45, 2.75) is 44.3 Å². The van der Waals surface area contributed by atoms with Gasteiger partial charge in [-0.1, -0.05) is 12.7 Å². The topological polar surface area (TPSA) is 88.0 Å². The third-order valence-corrected chi connectivity index (χ3v) is 2.74. The molecule has 1 aliphatic rings. The molecule has 1 rings (SSSR count). The van der Waals surface area contributed by atoms with E-state index < -0.39 is 36.6 Å². The molecule has 1 fully saturated rings. The number of amides is 1. The van der Waals surface area contributed by atoms with E-state index in [1.807, 2.05) is 0 Å². The van der Waals surface area contributed by atoms with E-state index in [9.17, 15) is 15.0 Å². The molecule has 6 nitrogen and oxygen atoms in total. The molecule has 0 aromatic rings. The summed E-state index contributed by atoms with van der Waals surface area (Å²) in [6.45, 7) is 6.84. The molecule has 1 heterocycles. The zero-order valence-electron chi connectivity index (χ0n) is 10.00. The minimum atomic E-state index is -0.975. The minimum Gasteiger partial charge on any atom is -0.445 e. The van der Waals surface area contributed by atoms with Crippen molar-refractivity contribution in [1.29, 1.82) is 0 Å². The van der Waals surface area contributed by atoms with Crippen LogP contribution in [0.1, 0.15) is 13.8 Å². The van der Waals surface area contributed by atoms with Gasteiger partial charge in [0.25, 0.3) is 0 Å². The summed E-state index contributed by atoms with van der Waals surface area (Å²) in [5, 5.41) is 22.1. The molecule has 0 aromatic carbocycles. The maximum absolute atomic E-state index is 11.3. The van der Waals surface area contributed by atoms with Gasteiger partial charge >= 0.3 is 6.09 Å². The highest BCUT2D eigenvalue weighted by molar-refractivity contribution is 5.67. The molecule has 0 radical (unpaired) electrons. The van der Waals surface area contributed by atoms with Crippen LogP contribution in [0.15, 0.2) is 12.7 Å². The molecule has 0 aliphatic carbocycles. The lowest BCUT2D eigenvalue weighted by atomic mass is 9.94. The van der Waals surface area contributed by atoms with E-state index >= 15 is 0 Å². The van der Waals surface area contributed by atoms with Crippen LogP contribution in [0.25, 0.3) is 0 Å². The van der Waals surface area contributed by atoms with E-state index in [-0.39, 0.29) is 6.61 Å². The lowest BCUT2D eigenvalue weighted by Crippen LogP contribution is -2.62. The molecule has 0 aromatic heterocycles. The van der Waals surface area contributed by atoms with Crippen molar-refractivity contribution in [1.82, 2.24) is 5.32 Å². The van der Waals surface area contributed by atoms with Gasteiger partial charge in [0.15, 0.2) is 0 Å².